The van der Waals surface area contributed by atoms with E-state index in [9.17, 15) is 4.39 Å². The van der Waals surface area contributed by atoms with Crippen molar-refractivity contribution in [3.63, 3.8) is 0 Å². The Morgan fingerprint density at radius 3 is 2.23 bits per heavy atom. The summed E-state index contributed by atoms with van der Waals surface area (Å²) in [5, 5.41) is 4.55. The average molecular weight is 344 g/mol. The van der Waals surface area contributed by atoms with Crippen molar-refractivity contribution < 1.29 is 9.13 Å². The molecule has 4 rings (SSSR count). The minimum Gasteiger partial charge on any atom is -0.457 e. The van der Waals surface area contributed by atoms with Gasteiger partial charge in [-0.1, -0.05) is 30.3 Å². The monoisotopic (exact) mass is 344 g/mol. The van der Waals surface area contributed by atoms with Gasteiger partial charge in [0.05, 0.1) is 11.4 Å². The van der Waals surface area contributed by atoms with E-state index in [1.165, 1.54) is 12.1 Å². The average Bonchev–Trinajstić information content (AvgIpc) is 3.05. The number of rotatable bonds is 4. The maximum absolute atomic E-state index is 13.5. The Hall–Kier alpha value is -3.40. The van der Waals surface area contributed by atoms with E-state index < -0.39 is 0 Å². The number of nitrogens with zero attached hydrogens (tertiary/aromatic N) is 2. The smallest absolute Gasteiger partial charge is 0.127 e. The molecule has 4 aromatic rings. The van der Waals surface area contributed by atoms with Gasteiger partial charge < -0.3 is 4.74 Å². The fraction of sp³-hybridized carbons (Fsp3) is 0.0455. The highest BCUT2D eigenvalue weighted by Crippen LogP contribution is 2.28. The van der Waals surface area contributed by atoms with Crippen LogP contribution in [0.15, 0.2) is 84.9 Å². The molecule has 0 bridgehead atoms. The van der Waals surface area contributed by atoms with E-state index in [0.717, 1.165) is 34.0 Å². The van der Waals surface area contributed by atoms with Gasteiger partial charge in [0, 0.05) is 18.2 Å². The summed E-state index contributed by atoms with van der Waals surface area (Å²) in [4.78, 5) is 0. The molecule has 0 unspecified atom stereocenters. The molecule has 0 amide bonds. The van der Waals surface area contributed by atoms with Gasteiger partial charge in [-0.25, -0.2) is 4.39 Å². The Kier molecular flexibility index (Phi) is 4.23. The largest absolute Gasteiger partial charge is 0.457 e. The highest BCUT2D eigenvalue weighted by atomic mass is 19.1. The highest BCUT2D eigenvalue weighted by molar-refractivity contribution is 5.69. The first kappa shape index (κ1) is 16.1. The Bertz CT molecular complexity index is 1020. The zero-order chi connectivity index (χ0) is 17.9. The van der Waals surface area contributed by atoms with Crippen LogP contribution in [0.5, 0.6) is 11.5 Å². The fourth-order valence-electron chi connectivity index (χ4n) is 2.84. The first-order chi connectivity index (χ1) is 12.7. The van der Waals surface area contributed by atoms with Gasteiger partial charge in [0.2, 0.25) is 0 Å². The molecule has 0 aliphatic carbocycles. The standard InChI is InChI=1S/C22H17FN2O/c1-25-22(17-6-5-7-18(23)14-17)15-21(24-25)16-10-12-20(13-11-16)26-19-8-3-2-4-9-19/h2-15H,1H3. The molecule has 0 saturated carbocycles. The lowest BCUT2D eigenvalue weighted by atomic mass is 10.1. The van der Waals surface area contributed by atoms with Gasteiger partial charge in [-0.2, -0.15) is 5.10 Å². The first-order valence-electron chi connectivity index (χ1n) is 8.32. The topological polar surface area (TPSA) is 27.1 Å². The third kappa shape index (κ3) is 3.35. The molecule has 26 heavy (non-hydrogen) atoms. The van der Waals surface area contributed by atoms with Gasteiger partial charge in [-0.3, -0.25) is 4.68 Å². The molecule has 0 spiro atoms. The van der Waals surface area contributed by atoms with E-state index in [1.54, 1.807) is 10.7 Å². The van der Waals surface area contributed by atoms with E-state index in [1.807, 2.05) is 73.8 Å². The Balaban J connectivity index is 1.59. The van der Waals surface area contributed by atoms with Gasteiger partial charge >= 0.3 is 0 Å². The molecule has 1 aromatic heterocycles. The summed E-state index contributed by atoms with van der Waals surface area (Å²) in [6.45, 7) is 0. The molecule has 3 aromatic carbocycles. The zero-order valence-electron chi connectivity index (χ0n) is 14.3. The predicted octanol–water partition coefficient (Wildman–Crippen LogP) is 5.69. The first-order valence-corrected chi connectivity index (χ1v) is 8.32. The SMILES string of the molecule is Cn1nc(-c2ccc(Oc3ccccc3)cc2)cc1-c1cccc(F)c1. The van der Waals surface area contributed by atoms with Gasteiger partial charge in [0.25, 0.3) is 0 Å². The predicted molar refractivity (Wildman–Crippen MR) is 101 cm³/mol. The molecule has 4 heteroatoms. The second-order valence-corrected chi connectivity index (χ2v) is 5.99. The van der Waals surface area contributed by atoms with E-state index in [4.69, 9.17) is 4.74 Å². The second kappa shape index (κ2) is 6.84. The molecule has 1 heterocycles. The van der Waals surface area contributed by atoms with Crippen LogP contribution in [0.3, 0.4) is 0 Å². The summed E-state index contributed by atoms with van der Waals surface area (Å²) < 4.78 is 21.1. The van der Waals surface area contributed by atoms with E-state index in [2.05, 4.69) is 5.10 Å². The molecule has 0 fully saturated rings. The van der Waals surface area contributed by atoms with Gasteiger partial charge in [0.1, 0.15) is 17.3 Å². The van der Waals surface area contributed by atoms with Crippen LogP contribution in [0.25, 0.3) is 22.5 Å². The molecule has 0 aliphatic rings. The molecular weight excluding hydrogens is 327 g/mol. The van der Waals surface area contributed by atoms with Crippen molar-refractivity contribution in [2.24, 2.45) is 7.05 Å². The third-order valence-electron chi connectivity index (χ3n) is 4.13. The molecule has 0 N–H and O–H groups in total. The number of halogens is 1. The van der Waals surface area contributed by atoms with Crippen molar-refractivity contribution >= 4 is 0 Å². The van der Waals surface area contributed by atoms with Crippen molar-refractivity contribution in [2.45, 2.75) is 0 Å². The summed E-state index contributed by atoms with van der Waals surface area (Å²) in [7, 11) is 1.86. The molecule has 3 nitrogen and oxygen atoms in total. The molecule has 128 valence electrons. The van der Waals surface area contributed by atoms with Crippen molar-refractivity contribution in [1.82, 2.24) is 9.78 Å². The van der Waals surface area contributed by atoms with Gasteiger partial charge in [0.15, 0.2) is 0 Å². The molecule has 0 aliphatic heterocycles. The number of aryl methyl sites for hydroxylation is 1. The van der Waals surface area contributed by atoms with Crippen molar-refractivity contribution in [1.29, 1.82) is 0 Å². The van der Waals surface area contributed by atoms with Crippen molar-refractivity contribution in [2.75, 3.05) is 0 Å². The summed E-state index contributed by atoms with van der Waals surface area (Å²) in [5.41, 5.74) is 3.47. The fourth-order valence-corrected chi connectivity index (χ4v) is 2.84. The zero-order valence-corrected chi connectivity index (χ0v) is 14.3. The Labute approximate surface area is 151 Å². The number of hydrogen-bond donors (Lipinski definition) is 0. The van der Waals surface area contributed by atoms with Crippen LogP contribution in [-0.2, 0) is 7.05 Å². The van der Waals surface area contributed by atoms with Crippen LogP contribution in [0.1, 0.15) is 0 Å². The summed E-state index contributed by atoms with van der Waals surface area (Å²) in [6.07, 6.45) is 0. The lowest BCUT2D eigenvalue weighted by Crippen LogP contribution is -1.94. The van der Waals surface area contributed by atoms with E-state index >= 15 is 0 Å². The van der Waals surface area contributed by atoms with E-state index in [-0.39, 0.29) is 5.82 Å². The van der Waals surface area contributed by atoms with Crippen LogP contribution in [-0.4, -0.2) is 9.78 Å². The summed E-state index contributed by atoms with van der Waals surface area (Å²) >= 11 is 0. The lowest BCUT2D eigenvalue weighted by molar-refractivity contribution is 0.483. The molecule has 0 radical (unpaired) electrons. The number of para-hydroxylation sites is 1. The maximum atomic E-state index is 13.5. The summed E-state index contributed by atoms with van der Waals surface area (Å²) in [6, 6.07) is 25.9. The van der Waals surface area contributed by atoms with E-state index in [0.29, 0.717) is 0 Å². The maximum Gasteiger partial charge on any atom is 0.127 e. The quantitative estimate of drug-likeness (QED) is 0.476. The molecule has 0 atom stereocenters. The lowest BCUT2D eigenvalue weighted by Gasteiger charge is -2.05. The molecule has 0 saturated heterocycles. The second-order valence-electron chi connectivity index (χ2n) is 5.99. The van der Waals surface area contributed by atoms with Crippen LogP contribution >= 0.6 is 0 Å². The number of hydrogen-bond acceptors (Lipinski definition) is 2. The van der Waals surface area contributed by atoms with Crippen LogP contribution < -0.4 is 4.74 Å². The van der Waals surface area contributed by atoms with Crippen LogP contribution in [0.4, 0.5) is 4.39 Å². The Morgan fingerprint density at radius 2 is 1.50 bits per heavy atom. The number of benzene rings is 3. The van der Waals surface area contributed by atoms with Crippen molar-refractivity contribution in [3.05, 3.63) is 90.7 Å². The highest BCUT2D eigenvalue weighted by Gasteiger charge is 2.10. The number of ether oxygens (including phenoxy) is 1. The van der Waals surface area contributed by atoms with Crippen LogP contribution in [0, 0.1) is 5.82 Å². The third-order valence-corrected chi connectivity index (χ3v) is 4.13. The summed E-state index contributed by atoms with van der Waals surface area (Å²) in [5.74, 6) is 1.31. The number of aromatic nitrogens is 2. The minimum atomic E-state index is -0.257. The minimum absolute atomic E-state index is 0.257. The van der Waals surface area contributed by atoms with Gasteiger partial charge in [-0.05, 0) is 54.6 Å². The Morgan fingerprint density at radius 1 is 0.769 bits per heavy atom. The van der Waals surface area contributed by atoms with Crippen LogP contribution in [0.2, 0.25) is 0 Å². The molecular formula is C22H17FN2O. The van der Waals surface area contributed by atoms with Crippen molar-refractivity contribution in [3.8, 4) is 34.0 Å². The normalized spacial score (nSPS) is 10.7. The van der Waals surface area contributed by atoms with Gasteiger partial charge in [-0.15, -0.1) is 0 Å².